The average Bonchev–Trinajstić information content (AvgIpc) is 2.72. The molecule has 5 heteroatoms. The highest BCUT2D eigenvalue weighted by Gasteiger charge is 2.28. The Balaban J connectivity index is 1.62. The first-order chi connectivity index (χ1) is 10.2. The summed E-state index contributed by atoms with van der Waals surface area (Å²) in [6.07, 6.45) is 3.34. The van der Waals surface area contributed by atoms with Gasteiger partial charge >= 0.3 is 0 Å². The third-order valence-electron chi connectivity index (χ3n) is 4.25. The van der Waals surface area contributed by atoms with Crippen molar-refractivity contribution in [1.29, 1.82) is 0 Å². The van der Waals surface area contributed by atoms with Crippen molar-refractivity contribution >= 4 is 11.8 Å². The van der Waals surface area contributed by atoms with Crippen LogP contribution in [0.3, 0.4) is 0 Å². The number of rotatable bonds is 2. The van der Waals surface area contributed by atoms with Crippen LogP contribution < -0.4 is 16.0 Å². The molecule has 1 aromatic rings. The molecule has 0 radical (unpaired) electrons. The molecule has 3 N–H and O–H groups in total. The van der Waals surface area contributed by atoms with Crippen LogP contribution in [-0.2, 0) is 22.6 Å². The van der Waals surface area contributed by atoms with Crippen LogP contribution in [0.2, 0.25) is 0 Å². The normalized spacial score (nSPS) is 25.4. The van der Waals surface area contributed by atoms with E-state index >= 15 is 0 Å². The van der Waals surface area contributed by atoms with Gasteiger partial charge in [-0.15, -0.1) is 0 Å². The molecule has 0 aliphatic carbocycles. The van der Waals surface area contributed by atoms with Crippen molar-refractivity contribution in [3.8, 4) is 0 Å². The van der Waals surface area contributed by atoms with E-state index in [1.54, 1.807) is 0 Å². The van der Waals surface area contributed by atoms with Crippen molar-refractivity contribution in [1.82, 2.24) is 16.0 Å². The second kappa shape index (κ2) is 6.26. The third kappa shape index (κ3) is 3.24. The lowest BCUT2D eigenvalue weighted by Crippen LogP contribution is -2.53. The Hall–Kier alpha value is -1.88. The van der Waals surface area contributed by atoms with Gasteiger partial charge in [-0.2, -0.15) is 0 Å². The Bertz CT molecular complexity index is 544. The number of carbonyl (C=O) groups is 2. The van der Waals surface area contributed by atoms with Crippen LogP contribution in [0.25, 0.3) is 0 Å². The number of carbonyl (C=O) groups excluding carboxylic acids is 2. The van der Waals surface area contributed by atoms with E-state index in [-0.39, 0.29) is 23.9 Å². The molecule has 112 valence electrons. The van der Waals surface area contributed by atoms with E-state index in [1.807, 2.05) is 12.1 Å². The number of fused-ring (bicyclic) bond motifs is 1. The minimum atomic E-state index is -0.390. The topological polar surface area (TPSA) is 70.2 Å². The molecular formula is C16H21N3O2. The molecule has 0 aromatic heterocycles. The predicted octanol–water partition coefficient (Wildman–Crippen LogP) is 0.486. The van der Waals surface area contributed by atoms with Gasteiger partial charge in [-0.25, -0.2) is 0 Å². The number of benzene rings is 1. The summed E-state index contributed by atoms with van der Waals surface area (Å²) in [6, 6.07) is 7.51. The zero-order chi connectivity index (χ0) is 14.7. The van der Waals surface area contributed by atoms with Gasteiger partial charge in [-0.1, -0.05) is 24.3 Å². The zero-order valence-corrected chi connectivity index (χ0v) is 12.0. The van der Waals surface area contributed by atoms with E-state index in [2.05, 4.69) is 28.1 Å². The van der Waals surface area contributed by atoms with Crippen molar-refractivity contribution in [3.63, 3.8) is 0 Å². The highest BCUT2D eigenvalue weighted by Crippen LogP contribution is 2.16. The fourth-order valence-electron chi connectivity index (χ4n) is 2.99. The predicted molar refractivity (Wildman–Crippen MR) is 79.6 cm³/mol. The third-order valence-corrected chi connectivity index (χ3v) is 4.25. The lowest BCUT2D eigenvalue weighted by Gasteiger charge is -2.27. The SMILES string of the molecule is O=C1NCCCCC1NC(=O)[C@@H]1Cc2ccccc2CN1. The average molecular weight is 287 g/mol. The maximum absolute atomic E-state index is 12.4. The quantitative estimate of drug-likeness (QED) is 0.741. The van der Waals surface area contributed by atoms with Gasteiger partial charge in [0.05, 0.1) is 6.04 Å². The van der Waals surface area contributed by atoms with Crippen LogP contribution in [-0.4, -0.2) is 30.4 Å². The van der Waals surface area contributed by atoms with Crippen LogP contribution in [0.15, 0.2) is 24.3 Å². The Kier molecular flexibility index (Phi) is 4.20. The molecular weight excluding hydrogens is 266 g/mol. The van der Waals surface area contributed by atoms with E-state index in [0.29, 0.717) is 19.5 Å². The largest absolute Gasteiger partial charge is 0.354 e. The van der Waals surface area contributed by atoms with Crippen molar-refractivity contribution in [2.75, 3.05) is 6.54 Å². The van der Waals surface area contributed by atoms with Crippen LogP contribution in [0.5, 0.6) is 0 Å². The van der Waals surface area contributed by atoms with Gasteiger partial charge in [-0.3, -0.25) is 9.59 Å². The first kappa shape index (κ1) is 14.1. The second-order valence-corrected chi connectivity index (χ2v) is 5.75. The molecule has 1 fully saturated rings. The molecule has 2 amide bonds. The first-order valence-electron chi connectivity index (χ1n) is 7.62. The highest BCUT2D eigenvalue weighted by molar-refractivity contribution is 5.90. The van der Waals surface area contributed by atoms with E-state index in [9.17, 15) is 9.59 Å². The van der Waals surface area contributed by atoms with Crippen LogP contribution >= 0.6 is 0 Å². The summed E-state index contributed by atoms with van der Waals surface area (Å²) in [6.45, 7) is 1.41. The minimum absolute atomic E-state index is 0.0583. The van der Waals surface area contributed by atoms with Gasteiger partial charge in [0.1, 0.15) is 6.04 Å². The second-order valence-electron chi connectivity index (χ2n) is 5.75. The summed E-state index contributed by atoms with van der Waals surface area (Å²) < 4.78 is 0. The molecule has 0 saturated carbocycles. The fraction of sp³-hybridized carbons (Fsp3) is 0.500. The monoisotopic (exact) mass is 287 g/mol. The molecule has 0 bridgehead atoms. The summed E-state index contributed by atoms with van der Waals surface area (Å²) in [5.74, 6) is -0.136. The number of hydrogen-bond donors (Lipinski definition) is 3. The zero-order valence-electron chi connectivity index (χ0n) is 12.0. The van der Waals surface area contributed by atoms with Gasteiger partial charge in [0.25, 0.3) is 0 Å². The van der Waals surface area contributed by atoms with Crippen LogP contribution in [0.4, 0.5) is 0 Å². The van der Waals surface area contributed by atoms with Crippen LogP contribution in [0, 0.1) is 0 Å². The summed E-state index contributed by atoms with van der Waals surface area (Å²) in [7, 11) is 0. The fourth-order valence-corrected chi connectivity index (χ4v) is 2.99. The maximum Gasteiger partial charge on any atom is 0.242 e. The van der Waals surface area contributed by atoms with E-state index in [1.165, 1.54) is 11.1 Å². The van der Waals surface area contributed by atoms with E-state index in [0.717, 1.165) is 19.3 Å². The van der Waals surface area contributed by atoms with Crippen molar-refractivity contribution < 1.29 is 9.59 Å². The van der Waals surface area contributed by atoms with Crippen molar-refractivity contribution in [2.45, 2.75) is 44.3 Å². The first-order valence-corrected chi connectivity index (χ1v) is 7.62. The van der Waals surface area contributed by atoms with Gasteiger partial charge in [0, 0.05) is 13.1 Å². The van der Waals surface area contributed by atoms with Gasteiger partial charge in [0.2, 0.25) is 11.8 Å². The number of nitrogens with one attached hydrogen (secondary N) is 3. The Morgan fingerprint density at radius 1 is 1.19 bits per heavy atom. The van der Waals surface area contributed by atoms with Crippen LogP contribution in [0.1, 0.15) is 30.4 Å². The maximum atomic E-state index is 12.4. The van der Waals surface area contributed by atoms with Gasteiger partial charge < -0.3 is 16.0 Å². The number of hydrogen-bond acceptors (Lipinski definition) is 3. The number of amides is 2. The Morgan fingerprint density at radius 3 is 2.86 bits per heavy atom. The molecule has 2 aliphatic rings. The lowest BCUT2D eigenvalue weighted by molar-refractivity contribution is -0.130. The van der Waals surface area contributed by atoms with E-state index in [4.69, 9.17) is 0 Å². The molecule has 1 aromatic carbocycles. The smallest absolute Gasteiger partial charge is 0.242 e. The van der Waals surface area contributed by atoms with Crippen molar-refractivity contribution in [2.24, 2.45) is 0 Å². The molecule has 5 nitrogen and oxygen atoms in total. The van der Waals surface area contributed by atoms with Crippen molar-refractivity contribution in [3.05, 3.63) is 35.4 Å². The summed E-state index contributed by atoms with van der Waals surface area (Å²) in [5, 5.41) is 8.99. The molecule has 0 spiro atoms. The Labute approximate surface area is 124 Å². The van der Waals surface area contributed by atoms with Gasteiger partial charge in [0.15, 0.2) is 0 Å². The summed E-state index contributed by atoms with van der Waals surface area (Å²) >= 11 is 0. The minimum Gasteiger partial charge on any atom is -0.354 e. The molecule has 1 saturated heterocycles. The molecule has 3 rings (SSSR count). The van der Waals surface area contributed by atoms with E-state index < -0.39 is 0 Å². The molecule has 2 atom stereocenters. The molecule has 2 aliphatic heterocycles. The molecule has 1 unspecified atom stereocenters. The summed E-state index contributed by atoms with van der Waals surface area (Å²) in [4.78, 5) is 24.3. The summed E-state index contributed by atoms with van der Waals surface area (Å²) in [5.41, 5.74) is 2.45. The highest BCUT2D eigenvalue weighted by atomic mass is 16.2. The molecule has 2 heterocycles. The molecule has 21 heavy (non-hydrogen) atoms. The van der Waals surface area contributed by atoms with Gasteiger partial charge in [-0.05, 0) is 36.8 Å². The Morgan fingerprint density at radius 2 is 2.00 bits per heavy atom. The standard InChI is InChI=1S/C16H21N3O2/c20-15-13(7-3-4-8-17-15)19-16(21)14-9-11-5-1-2-6-12(11)10-18-14/h1-2,5-6,13-14,18H,3-4,7-10H2,(H,17,20)(H,19,21)/t13?,14-/m0/s1. The lowest BCUT2D eigenvalue weighted by atomic mass is 9.95.